The molecule has 5 nitrogen and oxygen atoms in total. The van der Waals surface area contributed by atoms with Gasteiger partial charge in [0.25, 0.3) is 0 Å². The molecule has 2 bridgehead atoms. The summed E-state index contributed by atoms with van der Waals surface area (Å²) in [6, 6.07) is 0. The van der Waals surface area contributed by atoms with Crippen molar-refractivity contribution < 1.29 is 24.1 Å². The van der Waals surface area contributed by atoms with E-state index in [-0.39, 0.29) is 30.7 Å². The summed E-state index contributed by atoms with van der Waals surface area (Å²) in [7, 11) is 0. The molecule has 1 aliphatic carbocycles. The average Bonchev–Trinajstić information content (AvgIpc) is 2.75. The quantitative estimate of drug-likeness (QED) is 0.578. The predicted octanol–water partition coefficient (Wildman–Crippen LogP) is 0.617. The number of allylic oxidation sites excluding steroid dienone is 1. The van der Waals surface area contributed by atoms with Crippen LogP contribution in [0.4, 0.5) is 0 Å². The Morgan fingerprint density at radius 3 is 2.78 bits per heavy atom. The smallest absolute Gasteiger partial charge is 0.302 e. The molecule has 0 spiro atoms. The molecule has 2 aliphatic heterocycles. The normalized spacial score (nSPS) is 52.7. The zero-order valence-corrected chi connectivity index (χ0v) is 10.8. The molecule has 5 heteroatoms. The minimum atomic E-state index is -0.992. The van der Waals surface area contributed by atoms with Gasteiger partial charge in [-0.25, -0.2) is 0 Å². The third-order valence-corrected chi connectivity index (χ3v) is 4.53. The molecule has 0 aromatic heterocycles. The van der Waals surface area contributed by atoms with E-state index < -0.39 is 17.3 Å². The number of fused-ring (bicyclic) bond motifs is 1. The lowest BCUT2D eigenvalue weighted by Crippen LogP contribution is -2.61. The number of aliphatic hydroxyl groups excluding tert-OH is 1. The van der Waals surface area contributed by atoms with E-state index in [1.54, 1.807) is 6.92 Å². The van der Waals surface area contributed by atoms with Gasteiger partial charge in [0.1, 0.15) is 24.9 Å². The summed E-state index contributed by atoms with van der Waals surface area (Å²) >= 11 is 0. The lowest BCUT2D eigenvalue weighted by molar-refractivity contribution is -0.220. The summed E-state index contributed by atoms with van der Waals surface area (Å²) in [5.74, 6) is -1.27. The van der Waals surface area contributed by atoms with Crippen LogP contribution in [-0.2, 0) is 19.0 Å². The minimum absolute atomic E-state index is 0.0684. The van der Waals surface area contributed by atoms with Crippen LogP contribution < -0.4 is 0 Å². The number of rotatable bonds is 2. The van der Waals surface area contributed by atoms with Crippen LogP contribution in [0.5, 0.6) is 0 Å². The van der Waals surface area contributed by atoms with Gasteiger partial charge in [0, 0.05) is 6.92 Å². The first kappa shape index (κ1) is 12.1. The maximum absolute atomic E-state index is 11.1. The Labute approximate surface area is 106 Å². The van der Waals surface area contributed by atoms with Crippen molar-refractivity contribution in [2.24, 2.45) is 11.3 Å². The largest absolute Gasteiger partial charge is 0.465 e. The van der Waals surface area contributed by atoms with E-state index >= 15 is 0 Å². The van der Waals surface area contributed by atoms with Gasteiger partial charge in [-0.1, -0.05) is 19.1 Å². The van der Waals surface area contributed by atoms with Gasteiger partial charge in [-0.15, -0.1) is 0 Å². The number of aliphatic hydroxyl groups is 1. The van der Waals surface area contributed by atoms with Gasteiger partial charge in [0.15, 0.2) is 5.79 Å². The molecule has 6 unspecified atom stereocenters. The highest BCUT2D eigenvalue weighted by atomic mass is 16.8. The van der Waals surface area contributed by atoms with E-state index in [4.69, 9.17) is 14.2 Å². The number of carbonyl (C=O) groups excluding carboxylic acids is 1. The molecule has 100 valence electrons. The third-order valence-electron chi connectivity index (χ3n) is 4.53. The fourth-order valence-electron chi connectivity index (χ4n) is 3.49. The van der Waals surface area contributed by atoms with Gasteiger partial charge in [0.05, 0.1) is 5.41 Å². The SMILES string of the molecule is CC(=O)OCC12C(C)C=CC3OC(C)(OC31)C2O. The molecule has 1 N–H and O–H groups in total. The summed E-state index contributed by atoms with van der Waals surface area (Å²) in [6.07, 6.45) is 2.76. The summed E-state index contributed by atoms with van der Waals surface area (Å²) < 4.78 is 16.7. The molecule has 3 rings (SSSR count). The second kappa shape index (κ2) is 3.56. The molecule has 0 aromatic carbocycles. The molecular weight excluding hydrogens is 236 g/mol. The Kier molecular flexibility index (Phi) is 2.40. The Bertz CT molecular complexity index is 420. The van der Waals surface area contributed by atoms with Gasteiger partial charge >= 0.3 is 5.97 Å². The second-order valence-electron chi connectivity index (χ2n) is 5.61. The molecule has 0 saturated carbocycles. The third kappa shape index (κ3) is 1.30. The Hall–Kier alpha value is -0.910. The molecule has 0 radical (unpaired) electrons. The van der Waals surface area contributed by atoms with Crippen molar-refractivity contribution in [1.82, 2.24) is 0 Å². The molecule has 3 aliphatic rings. The Balaban J connectivity index is 1.99. The highest BCUT2D eigenvalue weighted by Crippen LogP contribution is 2.59. The van der Waals surface area contributed by atoms with Gasteiger partial charge in [-0.05, 0) is 12.8 Å². The zero-order valence-electron chi connectivity index (χ0n) is 10.8. The van der Waals surface area contributed by atoms with E-state index in [2.05, 4.69) is 0 Å². The first-order valence-corrected chi connectivity index (χ1v) is 6.25. The van der Waals surface area contributed by atoms with Gasteiger partial charge in [-0.2, -0.15) is 0 Å². The monoisotopic (exact) mass is 254 g/mol. The first-order valence-electron chi connectivity index (χ1n) is 6.25. The lowest BCUT2D eigenvalue weighted by Gasteiger charge is -2.47. The summed E-state index contributed by atoms with van der Waals surface area (Å²) in [5, 5.41) is 10.5. The highest BCUT2D eigenvalue weighted by Gasteiger charge is 2.72. The van der Waals surface area contributed by atoms with Crippen molar-refractivity contribution in [2.45, 2.75) is 44.9 Å². The van der Waals surface area contributed by atoms with Crippen molar-refractivity contribution in [3.63, 3.8) is 0 Å². The van der Waals surface area contributed by atoms with Crippen LogP contribution in [0.2, 0.25) is 0 Å². The lowest BCUT2D eigenvalue weighted by atomic mass is 9.63. The number of hydrogen-bond donors (Lipinski definition) is 1. The second-order valence-corrected chi connectivity index (χ2v) is 5.61. The Morgan fingerprint density at radius 1 is 1.44 bits per heavy atom. The molecule has 0 aromatic rings. The molecule has 2 saturated heterocycles. The van der Waals surface area contributed by atoms with Gasteiger partial charge in [0.2, 0.25) is 0 Å². The van der Waals surface area contributed by atoms with Crippen molar-refractivity contribution in [3.8, 4) is 0 Å². The van der Waals surface area contributed by atoms with Crippen LogP contribution in [0.25, 0.3) is 0 Å². The summed E-state index contributed by atoms with van der Waals surface area (Å²) in [5.41, 5.74) is -0.599. The topological polar surface area (TPSA) is 65.0 Å². The number of hydrogen-bond acceptors (Lipinski definition) is 5. The van der Waals surface area contributed by atoms with Crippen LogP contribution in [0.15, 0.2) is 12.2 Å². The first-order chi connectivity index (χ1) is 8.40. The summed E-state index contributed by atoms with van der Waals surface area (Å²) in [4.78, 5) is 11.1. The molecule has 2 heterocycles. The van der Waals surface area contributed by atoms with Gasteiger partial charge < -0.3 is 19.3 Å². The predicted molar refractivity (Wildman–Crippen MR) is 61.5 cm³/mol. The van der Waals surface area contributed by atoms with Crippen molar-refractivity contribution in [1.29, 1.82) is 0 Å². The fraction of sp³-hybridized carbons (Fsp3) is 0.769. The molecular formula is C13H18O5. The average molecular weight is 254 g/mol. The van der Waals surface area contributed by atoms with Gasteiger partial charge in [-0.3, -0.25) is 4.79 Å². The number of esters is 1. The van der Waals surface area contributed by atoms with E-state index in [0.29, 0.717) is 0 Å². The zero-order chi connectivity index (χ0) is 13.1. The highest BCUT2D eigenvalue weighted by molar-refractivity contribution is 5.66. The number of ether oxygens (including phenoxy) is 3. The maximum atomic E-state index is 11.1. The fourth-order valence-corrected chi connectivity index (χ4v) is 3.49. The van der Waals surface area contributed by atoms with Crippen LogP contribution in [0, 0.1) is 11.3 Å². The maximum Gasteiger partial charge on any atom is 0.302 e. The van der Waals surface area contributed by atoms with Crippen LogP contribution in [0.1, 0.15) is 20.8 Å². The molecule has 6 atom stereocenters. The van der Waals surface area contributed by atoms with E-state index in [1.165, 1.54) is 6.92 Å². The molecule has 0 amide bonds. The van der Waals surface area contributed by atoms with E-state index in [9.17, 15) is 9.90 Å². The van der Waals surface area contributed by atoms with Crippen LogP contribution in [0.3, 0.4) is 0 Å². The summed E-state index contributed by atoms with van der Waals surface area (Å²) in [6.45, 7) is 5.28. The van der Waals surface area contributed by atoms with Crippen LogP contribution in [-0.4, -0.2) is 41.8 Å². The van der Waals surface area contributed by atoms with Crippen molar-refractivity contribution in [3.05, 3.63) is 12.2 Å². The van der Waals surface area contributed by atoms with E-state index in [1.807, 2.05) is 19.1 Å². The van der Waals surface area contributed by atoms with Crippen molar-refractivity contribution in [2.75, 3.05) is 6.61 Å². The molecule has 18 heavy (non-hydrogen) atoms. The standard InChI is InChI=1S/C13H18O5/c1-7-4-5-9-10-13(7,6-16-8(2)14)11(15)12(3,17-9)18-10/h4-5,7,9-11,15H,6H2,1-3H3. The van der Waals surface area contributed by atoms with Crippen LogP contribution >= 0.6 is 0 Å². The van der Waals surface area contributed by atoms with E-state index in [0.717, 1.165) is 0 Å². The Morgan fingerprint density at radius 2 is 2.17 bits per heavy atom. The number of carbonyl (C=O) groups is 1. The van der Waals surface area contributed by atoms with Crippen molar-refractivity contribution >= 4 is 5.97 Å². The molecule has 2 fully saturated rings. The minimum Gasteiger partial charge on any atom is -0.465 e.